The molecule has 3 aromatic rings. The van der Waals surface area contributed by atoms with E-state index in [0.717, 1.165) is 11.3 Å². The lowest BCUT2D eigenvalue weighted by Crippen LogP contribution is -2.14. The van der Waals surface area contributed by atoms with Crippen molar-refractivity contribution in [3.63, 3.8) is 0 Å². The van der Waals surface area contributed by atoms with Gasteiger partial charge in [0.05, 0.1) is 24.6 Å². The van der Waals surface area contributed by atoms with Crippen LogP contribution < -0.4 is 10.6 Å². The lowest BCUT2D eigenvalue weighted by molar-refractivity contribution is 0.0600. The second-order valence-corrected chi connectivity index (χ2v) is 5.80. The summed E-state index contributed by atoms with van der Waals surface area (Å²) in [5.41, 5.74) is 3.12. The van der Waals surface area contributed by atoms with Crippen LogP contribution in [0.4, 0.5) is 11.4 Å². The number of carbonyl (C=O) groups is 2. The highest BCUT2D eigenvalue weighted by atomic mass is 16.5. The van der Waals surface area contributed by atoms with Crippen molar-refractivity contribution in [3.05, 3.63) is 89.7 Å². The van der Waals surface area contributed by atoms with Crippen LogP contribution in [0.3, 0.4) is 0 Å². The van der Waals surface area contributed by atoms with Gasteiger partial charge in [-0.25, -0.2) is 9.78 Å². The highest BCUT2D eigenvalue weighted by molar-refractivity contribution is 6.03. The summed E-state index contributed by atoms with van der Waals surface area (Å²) in [5.74, 6) is -0.815. The number of rotatable bonds is 6. The van der Waals surface area contributed by atoms with E-state index >= 15 is 0 Å². The Morgan fingerprint density at radius 1 is 0.963 bits per heavy atom. The van der Waals surface area contributed by atoms with Crippen LogP contribution >= 0.6 is 0 Å². The van der Waals surface area contributed by atoms with Crippen molar-refractivity contribution in [2.45, 2.75) is 6.54 Å². The Morgan fingerprint density at radius 2 is 1.78 bits per heavy atom. The number of anilines is 2. The summed E-state index contributed by atoms with van der Waals surface area (Å²) < 4.78 is 4.68. The molecule has 0 atom stereocenters. The third kappa shape index (κ3) is 4.92. The molecule has 0 aliphatic heterocycles. The average molecular weight is 361 g/mol. The monoisotopic (exact) mass is 361 g/mol. The molecule has 3 rings (SSSR count). The van der Waals surface area contributed by atoms with Crippen molar-refractivity contribution in [2.24, 2.45) is 0 Å². The number of carbonyl (C=O) groups excluding carboxylic acids is 2. The van der Waals surface area contributed by atoms with Crippen molar-refractivity contribution < 1.29 is 14.3 Å². The number of ether oxygens (including phenoxy) is 1. The molecular weight excluding hydrogens is 342 g/mol. The fraction of sp³-hybridized carbons (Fsp3) is 0.0952. The lowest BCUT2D eigenvalue weighted by atomic mass is 10.2. The summed E-state index contributed by atoms with van der Waals surface area (Å²) in [6.45, 7) is 0.675. The fourth-order valence-corrected chi connectivity index (χ4v) is 2.47. The predicted octanol–water partition coefficient (Wildman–Crippen LogP) is 3.73. The van der Waals surface area contributed by atoms with Gasteiger partial charge < -0.3 is 15.4 Å². The highest BCUT2D eigenvalue weighted by Gasteiger charge is 2.10. The van der Waals surface area contributed by atoms with Gasteiger partial charge in [0, 0.05) is 12.2 Å². The van der Waals surface area contributed by atoms with E-state index in [1.165, 1.54) is 7.11 Å². The average Bonchev–Trinajstić information content (AvgIpc) is 2.73. The van der Waals surface area contributed by atoms with E-state index in [0.29, 0.717) is 17.8 Å². The van der Waals surface area contributed by atoms with Crippen LogP contribution in [0.25, 0.3) is 0 Å². The number of benzene rings is 2. The molecule has 0 saturated heterocycles. The Balaban J connectivity index is 1.61. The molecule has 1 heterocycles. The quantitative estimate of drug-likeness (QED) is 0.654. The summed E-state index contributed by atoms with van der Waals surface area (Å²) in [6, 6.07) is 20.0. The number of aromatic nitrogens is 1. The minimum atomic E-state index is -0.460. The van der Waals surface area contributed by atoms with Gasteiger partial charge >= 0.3 is 5.97 Å². The molecule has 0 aliphatic rings. The normalized spacial score (nSPS) is 10.1. The Hall–Kier alpha value is -3.67. The minimum absolute atomic E-state index is 0.281. The second kappa shape index (κ2) is 8.62. The first-order valence-corrected chi connectivity index (χ1v) is 8.39. The summed E-state index contributed by atoms with van der Waals surface area (Å²) in [7, 11) is 1.31. The van der Waals surface area contributed by atoms with Crippen LogP contribution in [0.2, 0.25) is 0 Å². The summed E-state index contributed by atoms with van der Waals surface area (Å²) >= 11 is 0. The van der Waals surface area contributed by atoms with Gasteiger partial charge in [0.15, 0.2) is 0 Å². The molecule has 1 amide bonds. The van der Waals surface area contributed by atoms with Crippen molar-refractivity contribution >= 4 is 23.3 Å². The van der Waals surface area contributed by atoms with Gasteiger partial charge in [-0.3, -0.25) is 4.79 Å². The number of amides is 1. The first kappa shape index (κ1) is 18.1. The van der Waals surface area contributed by atoms with Crippen LogP contribution in [0.15, 0.2) is 72.9 Å². The van der Waals surface area contributed by atoms with Gasteiger partial charge in [-0.05, 0) is 35.9 Å². The molecule has 6 nitrogen and oxygen atoms in total. The van der Waals surface area contributed by atoms with Gasteiger partial charge in [-0.1, -0.05) is 36.4 Å². The first-order valence-electron chi connectivity index (χ1n) is 8.39. The van der Waals surface area contributed by atoms with E-state index in [2.05, 4.69) is 20.4 Å². The van der Waals surface area contributed by atoms with Crippen molar-refractivity contribution in [1.82, 2.24) is 4.98 Å². The molecule has 0 unspecified atom stereocenters. The SMILES string of the molecule is COC(=O)c1cccc(NC(=O)c2ccc(NCc3ccccc3)cn2)c1. The van der Waals surface area contributed by atoms with Crippen molar-refractivity contribution in [2.75, 3.05) is 17.7 Å². The Labute approximate surface area is 157 Å². The molecule has 0 spiro atoms. The van der Waals surface area contributed by atoms with E-state index < -0.39 is 5.97 Å². The molecule has 6 heteroatoms. The zero-order valence-corrected chi connectivity index (χ0v) is 14.8. The Bertz CT molecular complexity index is 925. The van der Waals surface area contributed by atoms with Gasteiger partial charge in [0.2, 0.25) is 0 Å². The number of hydrogen-bond acceptors (Lipinski definition) is 5. The van der Waals surface area contributed by atoms with Gasteiger partial charge in [0.1, 0.15) is 5.69 Å². The second-order valence-electron chi connectivity index (χ2n) is 5.80. The predicted molar refractivity (Wildman–Crippen MR) is 104 cm³/mol. The maximum Gasteiger partial charge on any atom is 0.337 e. The molecule has 2 N–H and O–H groups in total. The molecule has 0 fully saturated rings. The van der Waals surface area contributed by atoms with Crippen LogP contribution in [0.5, 0.6) is 0 Å². The number of methoxy groups -OCH3 is 1. The topological polar surface area (TPSA) is 80.3 Å². The van der Waals surface area contributed by atoms with Crippen molar-refractivity contribution in [3.8, 4) is 0 Å². The van der Waals surface area contributed by atoms with E-state index in [9.17, 15) is 9.59 Å². The summed E-state index contributed by atoms with van der Waals surface area (Å²) in [5, 5.41) is 5.98. The molecule has 136 valence electrons. The van der Waals surface area contributed by atoms with Gasteiger partial charge in [0.25, 0.3) is 5.91 Å². The van der Waals surface area contributed by atoms with Crippen LogP contribution in [0.1, 0.15) is 26.4 Å². The van der Waals surface area contributed by atoms with Gasteiger partial charge in [-0.15, -0.1) is 0 Å². The zero-order chi connectivity index (χ0) is 19.1. The van der Waals surface area contributed by atoms with Crippen molar-refractivity contribution in [1.29, 1.82) is 0 Å². The van der Waals surface area contributed by atoms with Crippen LogP contribution in [-0.2, 0) is 11.3 Å². The molecule has 0 radical (unpaired) electrons. The molecule has 27 heavy (non-hydrogen) atoms. The standard InChI is InChI=1S/C21H19N3O3/c1-27-21(26)16-8-5-9-17(12-16)24-20(25)19-11-10-18(14-23-19)22-13-15-6-3-2-4-7-15/h2-12,14,22H,13H2,1H3,(H,24,25). The largest absolute Gasteiger partial charge is 0.465 e. The smallest absolute Gasteiger partial charge is 0.337 e. The first-order chi connectivity index (χ1) is 13.2. The van der Waals surface area contributed by atoms with E-state index in [4.69, 9.17) is 0 Å². The maximum absolute atomic E-state index is 12.3. The van der Waals surface area contributed by atoms with E-state index in [-0.39, 0.29) is 11.6 Å². The third-order valence-electron chi connectivity index (χ3n) is 3.88. The maximum atomic E-state index is 12.3. The van der Waals surface area contributed by atoms with E-state index in [1.807, 2.05) is 30.3 Å². The van der Waals surface area contributed by atoms with E-state index in [1.54, 1.807) is 42.6 Å². The Morgan fingerprint density at radius 3 is 2.48 bits per heavy atom. The molecule has 1 aromatic heterocycles. The number of nitrogens with zero attached hydrogens (tertiary/aromatic N) is 1. The van der Waals surface area contributed by atoms with Crippen LogP contribution in [-0.4, -0.2) is 24.0 Å². The number of pyridine rings is 1. The molecule has 2 aromatic carbocycles. The highest BCUT2D eigenvalue weighted by Crippen LogP contribution is 2.14. The zero-order valence-electron chi connectivity index (χ0n) is 14.8. The fourth-order valence-electron chi connectivity index (χ4n) is 2.47. The van der Waals surface area contributed by atoms with Gasteiger partial charge in [-0.2, -0.15) is 0 Å². The molecule has 0 aliphatic carbocycles. The molecular formula is C21H19N3O3. The van der Waals surface area contributed by atoms with Crippen LogP contribution in [0, 0.1) is 0 Å². The lowest BCUT2D eigenvalue weighted by Gasteiger charge is -2.08. The Kier molecular flexibility index (Phi) is 5.79. The summed E-state index contributed by atoms with van der Waals surface area (Å²) in [6.07, 6.45) is 1.61. The molecule has 0 saturated carbocycles. The molecule has 0 bridgehead atoms. The number of nitrogens with one attached hydrogen (secondary N) is 2. The summed E-state index contributed by atoms with van der Waals surface area (Å²) in [4.78, 5) is 28.1. The third-order valence-corrected chi connectivity index (χ3v) is 3.88. The number of hydrogen-bond donors (Lipinski definition) is 2. The minimum Gasteiger partial charge on any atom is -0.465 e. The number of esters is 1.